The Morgan fingerprint density at radius 3 is 2.52 bits per heavy atom. The predicted molar refractivity (Wildman–Crippen MR) is 128 cm³/mol. The summed E-state index contributed by atoms with van der Waals surface area (Å²) in [6.07, 6.45) is 0. The Hall–Kier alpha value is -3.74. The maximum absolute atomic E-state index is 12.9. The van der Waals surface area contributed by atoms with Crippen molar-refractivity contribution in [3.8, 4) is 11.1 Å². The smallest absolute Gasteiger partial charge is 0.344 e. The fraction of sp³-hybridized carbons (Fsp3) is 0.185. The number of rotatable bonds is 5. The molecule has 0 saturated carbocycles. The normalized spacial score (nSPS) is 14.3. The molecular formula is C27H25N2O4+. The minimum Gasteiger partial charge on any atom is -0.422 e. The van der Waals surface area contributed by atoms with E-state index in [4.69, 9.17) is 9.15 Å². The number of anilines is 1. The first-order chi connectivity index (χ1) is 16.2. The largest absolute Gasteiger partial charge is 0.422 e. The third-order valence-electron chi connectivity index (χ3n) is 5.94. The molecule has 2 N–H and O–H groups in total. The lowest BCUT2D eigenvalue weighted by Gasteiger charge is -2.23. The molecule has 6 heteroatoms. The van der Waals surface area contributed by atoms with Gasteiger partial charge < -0.3 is 19.4 Å². The first-order valence-electron chi connectivity index (χ1n) is 11.1. The van der Waals surface area contributed by atoms with Crippen LogP contribution in [0.15, 0.2) is 88.1 Å². The van der Waals surface area contributed by atoms with E-state index in [-0.39, 0.29) is 5.91 Å². The van der Waals surface area contributed by atoms with Crippen LogP contribution in [0.25, 0.3) is 22.1 Å². The first-order valence-corrected chi connectivity index (χ1v) is 11.1. The molecule has 0 atom stereocenters. The zero-order chi connectivity index (χ0) is 22.6. The Bertz CT molecular complexity index is 1340. The summed E-state index contributed by atoms with van der Waals surface area (Å²) in [7, 11) is 0. The number of carbonyl (C=O) groups is 1. The lowest BCUT2D eigenvalue weighted by molar-refractivity contribution is -0.921. The molecule has 0 aliphatic carbocycles. The summed E-state index contributed by atoms with van der Waals surface area (Å²) in [5.41, 5.74) is 3.63. The zero-order valence-electron chi connectivity index (χ0n) is 18.2. The van der Waals surface area contributed by atoms with Crippen molar-refractivity contribution in [2.75, 3.05) is 31.6 Å². The summed E-state index contributed by atoms with van der Waals surface area (Å²) in [5, 5.41) is 3.78. The van der Waals surface area contributed by atoms with Gasteiger partial charge in [-0.15, -0.1) is 0 Å². The Kier molecular flexibility index (Phi) is 6.02. The lowest BCUT2D eigenvalue weighted by Crippen LogP contribution is -3.12. The highest BCUT2D eigenvalue weighted by Gasteiger charge is 2.15. The van der Waals surface area contributed by atoms with E-state index in [1.165, 1.54) is 10.5 Å². The van der Waals surface area contributed by atoms with Crippen molar-refractivity contribution in [1.82, 2.24) is 0 Å². The standard InChI is InChI=1S/C27H24N2O4/c30-26(28-23-10-8-19(9-11-23)18-29-12-14-32-15-13-29)22-6-3-5-20(16-22)24-17-21-4-1-2-7-25(21)33-27(24)31/h1-11,16-17H,12-15,18H2,(H,28,30)/p+1. The summed E-state index contributed by atoms with van der Waals surface area (Å²) in [5.74, 6) is -0.228. The molecule has 1 fully saturated rings. The topological polar surface area (TPSA) is 73.0 Å². The van der Waals surface area contributed by atoms with Crippen molar-refractivity contribution in [2.24, 2.45) is 0 Å². The van der Waals surface area contributed by atoms with Crippen molar-refractivity contribution in [3.05, 3.63) is 100 Å². The highest BCUT2D eigenvalue weighted by atomic mass is 16.5. The fourth-order valence-electron chi connectivity index (χ4n) is 4.13. The van der Waals surface area contributed by atoms with Crippen molar-refractivity contribution in [2.45, 2.75) is 6.54 Å². The van der Waals surface area contributed by atoms with Crippen LogP contribution in [-0.2, 0) is 11.3 Å². The van der Waals surface area contributed by atoms with Gasteiger partial charge in [0.25, 0.3) is 5.91 Å². The summed E-state index contributed by atoms with van der Waals surface area (Å²) in [6, 6.07) is 24.1. The average molecular weight is 442 g/mol. The van der Waals surface area contributed by atoms with Crippen LogP contribution in [0.1, 0.15) is 15.9 Å². The monoisotopic (exact) mass is 441 g/mol. The fourth-order valence-corrected chi connectivity index (χ4v) is 4.13. The Labute approximate surface area is 191 Å². The molecule has 0 bridgehead atoms. The van der Waals surface area contributed by atoms with Gasteiger partial charge in [0, 0.05) is 22.2 Å². The second-order valence-electron chi connectivity index (χ2n) is 8.26. The number of hydrogen-bond donors (Lipinski definition) is 2. The number of ether oxygens (including phenoxy) is 1. The van der Waals surface area contributed by atoms with E-state index >= 15 is 0 Å². The zero-order valence-corrected chi connectivity index (χ0v) is 18.2. The average Bonchev–Trinajstić information content (AvgIpc) is 2.85. The number of hydrogen-bond acceptors (Lipinski definition) is 4. The van der Waals surface area contributed by atoms with Gasteiger partial charge in [-0.1, -0.05) is 42.5 Å². The van der Waals surface area contributed by atoms with E-state index in [1.54, 1.807) is 36.4 Å². The van der Waals surface area contributed by atoms with E-state index in [2.05, 4.69) is 17.4 Å². The van der Waals surface area contributed by atoms with Gasteiger partial charge in [-0.3, -0.25) is 4.79 Å². The van der Waals surface area contributed by atoms with E-state index in [9.17, 15) is 9.59 Å². The Balaban J connectivity index is 1.31. The highest BCUT2D eigenvalue weighted by Crippen LogP contribution is 2.22. The van der Waals surface area contributed by atoms with Crippen LogP contribution >= 0.6 is 0 Å². The number of quaternary nitrogens is 1. The van der Waals surface area contributed by atoms with Crippen molar-refractivity contribution in [1.29, 1.82) is 0 Å². The lowest BCUT2D eigenvalue weighted by atomic mass is 10.0. The van der Waals surface area contributed by atoms with Gasteiger partial charge in [-0.05, 0) is 42.0 Å². The number of benzene rings is 3. The summed E-state index contributed by atoms with van der Waals surface area (Å²) in [4.78, 5) is 26.9. The van der Waals surface area contributed by atoms with Gasteiger partial charge >= 0.3 is 5.63 Å². The highest BCUT2D eigenvalue weighted by molar-refractivity contribution is 6.05. The van der Waals surface area contributed by atoms with Crippen LogP contribution in [0.3, 0.4) is 0 Å². The molecule has 5 rings (SSSR count). The molecule has 1 saturated heterocycles. The molecule has 1 aliphatic rings. The minimum absolute atomic E-state index is 0.228. The van der Waals surface area contributed by atoms with Gasteiger partial charge in [-0.2, -0.15) is 0 Å². The molecule has 1 aromatic heterocycles. The van der Waals surface area contributed by atoms with Crippen LogP contribution in [0.5, 0.6) is 0 Å². The van der Waals surface area contributed by atoms with Crippen LogP contribution in [0, 0.1) is 0 Å². The van der Waals surface area contributed by atoms with Crippen LogP contribution in [-0.4, -0.2) is 32.2 Å². The number of morpholine rings is 1. The quantitative estimate of drug-likeness (QED) is 0.467. The summed E-state index contributed by atoms with van der Waals surface area (Å²) in [6.45, 7) is 4.61. The second kappa shape index (κ2) is 9.40. The van der Waals surface area contributed by atoms with Crippen molar-refractivity contribution in [3.63, 3.8) is 0 Å². The van der Waals surface area contributed by atoms with Gasteiger partial charge in [0.05, 0.1) is 18.8 Å². The SMILES string of the molecule is O=C(Nc1ccc(C[NH+]2CCOCC2)cc1)c1cccc(-c2cc3ccccc3oc2=O)c1. The Morgan fingerprint density at radius 2 is 1.70 bits per heavy atom. The predicted octanol–water partition coefficient (Wildman–Crippen LogP) is 3.13. The third-order valence-corrected chi connectivity index (χ3v) is 5.94. The number of fused-ring (bicyclic) bond motifs is 1. The van der Waals surface area contributed by atoms with E-state index < -0.39 is 5.63 Å². The molecule has 1 aliphatic heterocycles. The molecule has 0 radical (unpaired) electrons. The number of amides is 1. The third kappa shape index (κ3) is 4.87. The molecule has 1 amide bonds. The molecule has 33 heavy (non-hydrogen) atoms. The maximum atomic E-state index is 12.9. The summed E-state index contributed by atoms with van der Waals surface area (Å²) >= 11 is 0. The molecule has 4 aromatic rings. The minimum atomic E-state index is -0.427. The van der Waals surface area contributed by atoms with Gasteiger partial charge in [0.2, 0.25) is 0 Å². The maximum Gasteiger partial charge on any atom is 0.344 e. The number of para-hydroxylation sites is 1. The summed E-state index contributed by atoms with van der Waals surface area (Å²) < 4.78 is 10.9. The molecule has 6 nitrogen and oxygen atoms in total. The van der Waals surface area contributed by atoms with Gasteiger partial charge in [-0.25, -0.2) is 4.79 Å². The van der Waals surface area contributed by atoms with Gasteiger partial charge in [0.1, 0.15) is 25.2 Å². The first kappa shape index (κ1) is 21.1. The molecule has 2 heterocycles. The van der Waals surface area contributed by atoms with E-state index in [0.29, 0.717) is 22.3 Å². The van der Waals surface area contributed by atoms with Crippen LogP contribution in [0.2, 0.25) is 0 Å². The van der Waals surface area contributed by atoms with Gasteiger partial charge in [0.15, 0.2) is 0 Å². The molecular weight excluding hydrogens is 416 g/mol. The number of carbonyl (C=O) groups excluding carboxylic acids is 1. The van der Waals surface area contributed by atoms with E-state index in [0.717, 1.165) is 43.9 Å². The van der Waals surface area contributed by atoms with E-state index in [1.807, 2.05) is 30.3 Å². The second-order valence-corrected chi connectivity index (χ2v) is 8.26. The Morgan fingerprint density at radius 1 is 0.909 bits per heavy atom. The molecule has 3 aromatic carbocycles. The number of nitrogens with one attached hydrogen (secondary N) is 2. The molecule has 166 valence electrons. The van der Waals surface area contributed by atoms with Crippen molar-refractivity contribution >= 4 is 22.6 Å². The van der Waals surface area contributed by atoms with Crippen LogP contribution in [0.4, 0.5) is 5.69 Å². The van der Waals surface area contributed by atoms with Crippen molar-refractivity contribution < 1.29 is 18.8 Å². The van der Waals surface area contributed by atoms with Crippen LogP contribution < -0.4 is 15.8 Å². The molecule has 0 spiro atoms. The molecule has 0 unspecified atom stereocenters.